The van der Waals surface area contributed by atoms with Crippen molar-refractivity contribution >= 4 is 46.5 Å². The average molecular weight is 549 g/mol. The molecule has 0 saturated carbocycles. The lowest BCUT2D eigenvalue weighted by atomic mass is 10.0. The van der Waals surface area contributed by atoms with Crippen LogP contribution in [0.1, 0.15) is 31.7 Å². The molecule has 11 N–H and O–H groups in total. The van der Waals surface area contributed by atoms with Crippen molar-refractivity contribution in [2.45, 2.75) is 62.9 Å². The Bertz CT molecular complexity index is 1230. The predicted octanol–water partition coefficient (Wildman–Crippen LogP) is -2.30. The number of nitrogens with two attached hydrogens (primary N) is 2. The molecule has 2 aromatic rings. The number of aromatic nitrogens is 1. The van der Waals surface area contributed by atoms with E-state index in [0.717, 1.165) is 10.9 Å². The van der Waals surface area contributed by atoms with Crippen molar-refractivity contribution in [1.82, 2.24) is 20.9 Å². The number of H-pyrrole nitrogens is 1. The maximum atomic E-state index is 13.0. The van der Waals surface area contributed by atoms with Crippen LogP contribution in [0.25, 0.3) is 10.9 Å². The Morgan fingerprint density at radius 2 is 1.59 bits per heavy atom. The second-order valence-corrected chi connectivity index (χ2v) is 8.96. The molecule has 0 fully saturated rings. The average Bonchev–Trinajstić information content (AvgIpc) is 3.26. The van der Waals surface area contributed by atoms with Gasteiger partial charge in [-0.1, -0.05) is 18.2 Å². The number of carboxylic acids is 2. The van der Waals surface area contributed by atoms with Crippen molar-refractivity contribution in [1.29, 1.82) is 0 Å². The number of benzene rings is 1. The maximum Gasteiger partial charge on any atom is 0.326 e. The molecule has 5 atom stereocenters. The molecule has 5 unspecified atom stereocenters. The zero-order chi connectivity index (χ0) is 29.3. The van der Waals surface area contributed by atoms with E-state index in [9.17, 15) is 39.0 Å². The molecule has 15 nitrogen and oxygen atoms in total. The Hall–Kier alpha value is -4.50. The third kappa shape index (κ3) is 9.08. The van der Waals surface area contributed by atoms with E-state index in [4.69, 9.17) is 16.6 Å². The summed E-state index contributed by atoms with van der Waals surface area (Å²) in [5.74, 6) is -6.56. The number of primary amides is 1. The molecule has 1 heterocycles. The van der Waals surface area contributed by atoms with Crippen LogP contribution in [-0.4, -0.2) is 86.1 Å². The Morgan fingerprint density at radius 1 is 0.949 bits per heavy atom. The minimum Gasteiger partial charge on any atom is -0.481 e. The molecular formula is C24H32N6O9. The van der Waals surface area contributed by atoms with Crippen LogP contribution >= 0.6 is 0 Å². The Kier molecular flexibility index (Phi) is 10.9. The van der Waals surface area contributed by atoms with Crippen molar-refractivity contribution in [2.24, 2.45) is 11.5 Å². The molecular weight excluding hydrogens is 516 g/mol. The third-order valence-corrected chi connectivity index (χ3v) is 5.81. The highest BCUT2D eigenvalue weighted by Gasteiger charge is 2.33. The second-order valence-electron chi connectivity index (χ2n) is 8.96. The third-order valence-electron chi connectivity index (χ3n) is 5.81. The largest absolute Gasteiger partial charge is 0.481 e. The van der Waals surface area contributed by atoms with Gasteiger partial charge in [-0.15, -0.1) is 0 Å². The number of hydrogen-bond donors (Lipinski definition) is 9. The first-order chi connectivity index (χ1) is 18.3. The summed E-state index contributed by atoms with van der Waals surface area (Å²) in [6, 6.07) is 1.13. The van der Waals surface area contributed by atoms with Gasteiger partial charge in [0, 0.05) is 29.9 Å². The van der Waals surface area contributed by atoms with Gasteiger partial charge in [0.05, 0.1) is 18.6 Å². The number of amides is 4. The van der Waals surface area contributed by atoms with E-state index in [-0.39, 0.29) is 6.42 Å². The van der Waals surface area contributed by atoms with Gasteiger partial charge >= 0.3 is 11.9 Å². The fourth-order valence-corrected chi connectivity index (χ4v) is 3.77. The van der Waals surface area contributed by atoms with Crippen molar-refractivity contribution in [2.75, 3.05) is 0 Å². The molecule has 1 aromatic carbocycles. The molecule has 39 heavy (non-hydrogen) atoms. The minimum atomic E-state index is -1.66. The van der Waals surface area contributed by atoms with Crippen LogP contribution in [0.3, 0.4) is 0 Å². The van der Waals surface area contributed by atoms with Gasteiger partial charge in [0.15, 0.2) is 0 Å². The molecule has 0 radical (unpaired) electrons. The predicted molar refractivity (Wildman–Crippen MR) is 136 cm³/mol. The number of carboxylic acid groups (broad SMARTS) is 2. The Morgan fingerprint density at radius 3 is 2.18 bits per heavy atom. The zero-order valence-electron chi connectivity index (χ0n) is 21.0. The van der Waals surface area contributed by atoms with E-state index in [1.165, 1.54) is 6.92 Å². The molecule has 0 aliphatic rings. The molecule has 0 aliphatic carbocycles. The molecule has 15 heteroatoms. The van der Waals surface area contributed by atoms with Gasteiger partial charge in [-0.05, 0) is 25.0 Å². The number of carbonyl (C=O) groups excluding carboxylic acids is 4. The summed E-state index contributed by atoms with van der Waals surface area (Å²) in [7, 11) is 0. The normalized spacial score (nSPS) is 14.8. The van der Waals surface area contributed by atoms with Crippen molar-refractivity contribution in [3.05, 3.63) is 36.0 Å². The Balaban J connectivity index is 2.16. The number of para-hydroxylation sites is 1. The molecule has 0 bridgehead atoms. The summed E-state index contributed by atoms with van der Waals surface area (Å²) in [5, 5.41) is 36.3. The summed E-state index contributed by atoms with van der Waals surface area (Å²) in [4.78, 5) is 75.1. The molecule has 2 rings (SSSR count). The highest BCUT2D eigenvalue weighted by Crippen LogP contribution is 2.19. The second kappa shape index (κ2) is 13.9. The standard InChI is InChI=1S/C24H32N6O9/c1-11(31)20(30-22(36)16(6-7-19(33)34)28-21(35)14(25)9-18(26)32)23(37)29-17(24(38)39)8-12-10-27-15-5-3-2-4-13(12)15/h2-5,10-11,14,16-17,20,27,31H,6-9,25H2,1H3,(H2,26,32)(H,28,35)(H,29,37)(H,30,36)(H,33,34)(H,38,39). The lowest BCUT2D eigenvalue weighted by Gasteiger charge is -2.26. The first-order valence-corrected chi connectivity index (χ1v) is 11.9. The van der Waals surface area contributed by atoms with E-state index in [0.29, 0.717) is 5.56 Å². The monoisotopic (exact) mass is 548 g/mol. The molecule has 0 aliphatic heterocycles. The quantitative estimate of drug-likeness (QED) is 0.115. The van der Waals surface area contributed by atoms with Gasteiger partial charge in [0.2, 0.25) is 23.6 Å². The van der Waals surface area contributed by atoms with E-state index < -0.39 is 85.1 Å². The number of fused-ring (bicyclic) bond motifs is 1. The van der Waals surface area contributed by atoms with E-state index in [1.54, 1.807) is 30.5 Å². The van der Waals surface area contributed by atoms with Crippen LogP contribution < -0.4 is 27.4 Å². The number of rotatable bonds is 15. The van der Waals surface area contributed by atoms with Gasteiger partial charge in [-0.3, -0.25) is 24.0 Å². The topological polar surface area (TPSA) is 267 Å². The SMILES string of the molecule is CC(O)C(NC(=O)C(CCC(=O)O)NC(=O)C(N)CC(N)=O)C(=O)NC(Cc1c[nH]c2ccccc12)C(=O)O. The number of aliphatic hydroxyl groups is 1. The van der Waals surface area contributed by atoms with E-state index in [1.807, 2.05) is 0 Å². The van der Waals surface area contributed by atoms with Crippen LogP contribution in [0.4, 0.5) is 0 Å². The zero-order valence-corrected chi connectivity index (χ0v) is 21.0. The number of aromatic amines is 1. The van der Waals surface area contributed by atoms with Crippen LogP contribution in [0, 0.1) is 0 Å². The summed E-state index contributed by atoms with van der Waals surface area (Å²) >= 11 is 0. The van der Waals surface area contributed by atoms with Gasteiger partial charge in [0.25, 0.3) is 0 Å². The van der Waals surface area contributed by atoms with E-state index >= 15 is 0 Å². The first kappa shape index (κ1) is 30.7. The molecule has 212 valence electrons. The smallest absolute Gasteiger partial charge is 0.326 e. The molecule has 0 spiro atoms. The lowest BCUT2D eigenvalue weighted by Crippen LogP contribution is -2.60. The molecule has 1 aromatic heterocycles. The van der Waals surface area contributed by atoms with Gasteiger partial charge < -0.3 is 47.7 Å². The van der Waals surface area contributed by atoms with Crippen LogP contribution in [0.5, 0.6) is 0 Å². The molecule has 4 amide bonds. The van der Waals surface area contributed by atoms with Crippen molar-refractivity contribution < 1.29 is 44.1 Å². The summed E-state index contributed by atoms with van der Waals surface area (Å²) in [6.07, 6.45) is -1.52. The lowest BCUT2D eigenvalue weighted by molar-refractivity contribution is -0.143. The number of aliphatic carboxylic acids is 2. The Labute approximate surface area is 222 Å². The highest BCUT2D eigenvalue weighted by atomic mass is 16.4. The van der Waals surface area contributed by atoms with Crippen molar-refractivity contribution in [3.63, 3.8) is 0 Å². The van der Waals surface area contributed by atoms with Gasteiger partial charge in [-0.25, -0.2) is 4.79 Å². The van der Waals surface area contributed by atoms with Crippen LogP contribution in [-0.2, 0) is 35.2 Å². The fraction of sp³-hybridized carbons (Fsp3) is 0.417. The van der Waals surface area contributed by atoms with Crippen LogP contribution in [0.2, 0.25) is 0 Å². The molecule has 0 saturated heterocycles. The summed E-state index contributed by atoms with van der Waals surface area (Å²) < 4.78 is 0. The minimum absolute atomic E-state index is 0.111. The summed E-state index contributed by atoms with van der Waals surface area (Å²) in [5.41, 5.74) is 12.0. The fourth-order valence-electron chi connectivity index (χ4n) is 3.77. The van der Waals surface area contributed by atoms with Crippen molar-refractivity contribution in [3.8, 4) is 0 Å². The number of carbonyl (C=O) groups is 6. The number of aliphatic hydroxyl groups excluding tert-OH is 1. The van der Waals surface area contributed by atoms with Gasteiger partial charge in [0.1, 0.15) is 18.1 Å². The maximum absolute atomic E-state index is 13.0. The highest BCUT2D eigenvalue weighted by molar-refractivity contribution is 5.95. The van der Waals surface area contributed by atoms with Gasteiger partial charge in [-0.2, -0.15) is 0 Å². The first-order valence-electron chi connectivity index (χ1n) is 11.9. The number of nitrogens with one attached hydrogen (secondary N) is 4. The number of hydrogen-bond acceptors (Lipinski definition) is 8. The summed E-state index contributed by atoms with van der Waals surface area (Å²) in [6.45, 7) is 1.17. The van der Waals surface area contributed by atoms with Crippen LogP contribution in [0.15, 0.2) is 30.5 Å². The van der Waals surface area contributed by atoms with E-state index in [2.05, 4.69) is 20.9 Å².